The Bertz CT molecular complexity index is 1220. The Morgan fingerprint density at radius 1 is 1.45 bits per heavy atom. The molecule has 1 aliphatic rings. The fourth-order valence-corrected chi connectivity index (χ4v) is 4.89. The average Bonchev–Trinajstić information content (AvgIpc) is 3.08. The van der Waals surface area contributed by atoms with Crippen LogP contribution in [0.2, 0.25) is 0 Å². The molecule has 1 aromatic carbocycles. The van der Waals surface area contributed by atoms with E-state index < -0.39 is 5.82 Å². The third kappa shape index (κ3) is 3.89. The van der Waals surface area contributed by atoms with Crippen molar-refractivity contribution in [2.24, 2.45) is 5.73 Å². The molecule has 0 aliphatic heterocycles. The van der Waals surface area contributed by atoms with E-state index in [2.05, 4.69) is 26.7 Å². The van der Waals surface area contributed by atoms with Gasteiger partial charge < -0.3 is 22.1 Å². The van der Waals surface area contributed by atoms with Crippen molar-refractivity contribution in [3.05, 3.63) is 45.3 Å². The highest BCUT2D eigenvalue weighted by atomic mass is 32.1. The van der Waals surface area contributed by atoms with Crippen LogP contribution in [0.5, 0.6) is 0 Å². The largest absolute Gasteiger partial charge is 0.396 e. The molecule has 4 rings (SSSR count). The van der Waals surface area contributed by atoms with Crippen LogP contribution in [-0.2, 0) is 12.8 Å². The van der Waals surface area contributed by atoms with Gasteiger partial charge in [-0.15, -0.1) is 11.3 Å². The third-order valence-electron chi connectivity index (χ3n) is 5.36. The van der Waals surface area contributed by atoms with Gasteiger partial charge in [-0.2, -0.15) is 5.26 Å². The van der Waals surface area contributed by atoms with Gasteiger partial charge in [0.2, 0.25) is 0 Å². The molecular weight excluding hydrogens is 417 g/mol. The van der Waals surface area contributed by atoms with Gasteiger partial charge in [0.25, 0.3) is 5.91 Å². The summed E-state index contributed by atoms with van der Waals surface area (Å²) in [5, 5.41) is 15.6. The molecule has 1 atom stereocenters. The molecule has 0 saturated heterocycles. The van der Waals surface area contributed by atoms with E-state index >= 15 is 0 Å². The molecule has 0 saturated carbocycles. The van der Waals surface area contributed by atoms with Crippen LogP contribution in [0.25, 0.3) is 10.3 Å². The highest BCUT2D eigenvalue weighted by Crippen LogP contribution is 2.33. The van der Waals surface area contributed by atoms with Crippen molar-refractivity contribution >= 4 is 39.0 Å². The van der Waals surface area contributed by atoms with E-state index in [1.165, 1.54) is 17.4 Å². The number of hydrogen-bond donors (Lipinski definition) is 4. The summed E-state index contributed by atoms with van der Waals surface area (Å²) in [7, 11) is 0. The number of nitriles is 1. The summed E-state index contributed by atoms with van der Waals surface area (Å²) in [5.74, 6) is -0.715. The van der Waals surface area contributed by atoms with Crippen LogP contribution in [0.1, 0.15) is 38.5 Å². The molecule has 3 aromatic rings. The van der Waals surface area contributed by atoms with Crippen molar-refractivity contribution in [3.63, 3.8) is 0 Å². The maximum absolute atomic E-state index is 14.8. The third-order valence-corrected chi connectivity index (χ3v) is 6.45. The number of nitrogens with one attached hydrogen (secondary N) is 2. The van der Waals surface area contributed by atoms with Gasteiger partial charge >= 0.3 is 0 Å². The Balaban J connectivity index is 1.56. The second-order valence-electron chi connectivity index (χ2n) is 7.49. The van der Waals surface area contributed by atoms with Gasteiger partial charge in [0.1, 0.15) is 27.1 Å². The summed E-state index contributed by atoms with van der Waals surface area (Å²) in [5.41, 5.74) is 15.2. The number of nitrogens with zero attached hydrogens (tertiary/aromatic N) is 3. The van der Waals surface area contributed by atoms with Crippen molar-refractivity contribution < 1.29 is 9.18 Å². The molecule has 0 unspecified atom stereocenters. The first-order valence-corrected chi connectivity index (χ1v) is 10.7. The molecule has 2 aromatic heterocycles. The van der Waals surface area contributed by atoms with E-state index in [4.69, 9.17) is 11.5 Å². The summed E-state index contributed by atoms with van der Waals surface area (Å²) < 4.78 is 14.8. The monoisotopic (exact) mass is 439 g/mol. The molecule has 10 heteroatoms. The molecular formula is C21H22FN7OS. The number of carbonyl (C=O) groups is 1. The van der Waals surface area contributed by atoms with Gasteiger partial charge in [0.15, 0.2) is 0 Å². The summed E-state index contributed by atoms with van der Waals surface area (Å²) in [6.07, 6.45) is 2.99. The fraction of sp³-hybridized carbons (Fsp3) is 0.333. The van der Waals surface area contributed by atoms with E-state index in [1.807, 2.05) is 6.92 Å². The quantitative estimate of drug-likeness (QED) is 0.477. The van der Waals surface area contributed by atoms with Crippen molar-refractivity contribution in [1.29, 1.82) is 5.26 Å². The van der Waals surface area contributed by atoms with E-state index in [1.54, 1.807) is 6.20 Å². The summed E-state index contributed by atoms with van der Waals surface area (Å²) in [4.78, 5) is 22.5. The topological polar surface area (TPSA) is 143 Å². The molecule has 1 amide bonds. The number of halogens is 1. The molecule has 31 heavy (non-hydrogen) atoms. The molecule has 0 fully saturated rings. The first kappa shape index (κ1) is 21.0. The molecule has 2 heterocycles. The van der Waals surface area contributed by atoms with Crippen LogP contribution in [0.15, 0.2) is 12.3 Å². The minimum atomic E-state index is -0.391. The molecule has 0 bridgehead atoms. The maximum Gasteiger partial charge on any atom is 0.263 e. The van der Waals surface area contributed by atoms with Crippen LogP contribution in [0.3, 0.4) is 0 Å². The smallest absolute Gasteiger partial charge is 0.263 e. The highest BCUT2D eigenvalue weighted by Gasteiger charge is 2.28. The zero-order valence-electron chi connectivity index (χ0n) is 17.0. The van der Waals surface area contributed by atoms with Crippen LogP contribution in [-0.4, -0.2) is 35.0 Å². The predicted octanol–water partition coefficient (Wildman–Crippen LogP) is 2.25. The lowest BCUT2D eigenvalue weighted by atomic mass is 9.84. The summed E-state index contributed by atoms with van der Waals surface area (Å²) in [6.45, 7) is 2.65. The number of nitrogens with two attached hydrogens (primary N) is 2. The first-order chi connectivity index (χ1) is 14.9. The number of benzene rings is 1. The molecule has 0 radical (unpaired) electrons. The van der Waals surface area contributed by atoms with Crippen molar-refractivity contribution in [2.45, 2.75) is 32.2 Å². The zero-order valence-corrected chi connectivity index (χ0v) is 17.8. The fourth-order valence-electron chi connectivity index (χ4n) is 3.89. The number of aryl methyl sites for hydroxylation is 1. The normalized spacial score (nSPS) is 15.4. The molecule has 1 aliphatic carbocycles. The van der Waals surface area contributed by atoms with Gasteiger partial charge in [-0.3, -0.25) is 4.79 Å². The van der Waals surface area contributed by atoms with Crippen LogP contribution in [0.4, 0.5) is 15.8 Å². The number of rotatable bonds is 5. The van der Waals surface area contributed by atoms with Crippen LogP contribution in [0, 0.1) is 24.1 Å². The van der Waals surface area contributed by atoms with Crippen LogP contribution < -0.4 is 22.1 Å². The second-order valence-corrected chi connectivity index (χ2v) is 8.49. The Hall–Kier alpha value is -3.29. The minimum absolute atomic E-state index is 0.267. The highest BCUT2D eigenvalue weighted by molar-refractivity contribution is 7.21. The number of thiophene rings is 1. The number of aromatic nitrogens is 2. The number of fused-ring (bicyclic) bond motifs is 2. The average molecular weight is 440 g/mol. The Morgan fingerprint density at radius 3 is 3.00 bits per heavy atom. The first-order valence-electron chi connectivity index (χ1n) is 9.93. The van der Waals surface area contributed by atoms with Gasteiger partial charge in [-0.05, 0) is 43.4 Å². The second kappa shape index (κ2) is 8.45. The van der Waals surface area contributed by atoms with Crippen molar-refractivity contribution in [3.8, 4) is 6.07 Å². The Labute approximate surface area is 182 Å². The zero-order chi connectivity index (χ0) is 22.1. The lowest BCUT2D eigenvalue weighted by Crippen LogP contribution is -2.39. The van der Waals surface area contributed by atoms with Gasteiger partial charge in [0, 0.05) is 25.3 Å². The minimum Gasteiger partial charge on any atom is -0.396 e. The molecule has 160 valence electrons. The van der Waals surface area contributed by atoms with E-state index in [9.17, 15) is 14.4 Å². The number of anilines is 2. The predicted molar refractivity (Wildman–Crippen MR) is 119 cm³/mol. The Kier molecular flexibility index (Phi) is 5.71. The lowest BCUT2D eigenvalue weighted by molar-refractivity contribution is 0.0938. The Morgan fingerprint density at radius 2 is 2.26 bits per heavy atom. The van der Waals surface area contributed by atoms with E-state index in [0.717, 1.165) is 5.69 Å². The number of carbonyl (C=O) groups excluding carboxylic acids is 1. The van der Waals surface area contributed by atoms with E-state index in [-0.39, 0.29) is 11.9 Å². The maximum atomic E-state index is 14.8. The van der Waals surface area contributed by atoms with Crippen molar-refractivity contribution in [1.82, 2.24) is 15.3 Å². The van der Waals surface area contributed by atoms with Gasteiger partial charge in [0.05, 0.1) is 22.6 Å². The summed E-state index contributed by atoms with van der Waals surface area (Å²) >= 11 is 1.19. The van der Waals surface area contributed by atoms with E-state index in [0.29, 0.717) is 75.6 Å². The lowest BCUT2D eigenvalue weighted by Gasteiger charge is -2.27. The SMILES string of the molecule is Cc1cnc2c(N)c(C(=O)N[C@@H]3CCc4c(C#N)c(NCCN)cc(F)c4C3)sc2n1. The molecule has 0 spiro atoms. The molecule has 6 N–H and O–H groups in total. The number of amides is 1. The van der Waals surface area contributed by atoms with Crippen LogP contribution >= 0.6 is 11.3 Å². The van der Waals surface area contributed by atoms with Gasteiger partial charge in [-0.1, -0.05) is 0 Å². The van der Waals surface area contributed by atoms with Gasteiger partial charge in [-0.25, -0.2) is 14.4 Å². The van der Waals surface area contributed by atoms with Crippen molar-refractivity contribution in [2.75, 3.05) is 24.1 Å². The standard InChI is InChI=1S/C21H22FN7OS/c1-10-9-27-18-17(25)19(31-21(18)28-10)20(30)29-11-2-3-12-13(6-11)15(22)7-16(14(12)8-24)26-5-4-23/h7,9,11,26H,2-6,23,25H2,1H3,(H,29,30)/t11-/m1/s1. The number of nitrogen functional groups attached to an aromatic ring is 1. The molecule has 8 nitrogen and oxygen atoms in total. The summed E-state index contributed by atoms with van der Waals surface area (Å²) in [6, 6.07) is 3.25. The number of hydrogen-bond acceptors (Lipinski definition) is 8.